The predicted molar refractivity (Wildman–Crippen MR) is 42.9 cm³/mol. The van der Waals surface area contributed by atoms with Crippen molar-refractivity contribution >= 4 is 14.3 Å². The lowest BCUT2D eigenvalue weighted by Crippen LogP contribution is -2.39. The molecular weight excluding hydrogens is 167 g/mol. The SMILES string of the molecule is C[C@@H](N)C(=O)NCCP(O)O. The molecule has 1 amide bonds. The Labute approximate surface area is 66.5 Å². The normalized spacial score (nSPS) is 13.2. The van der Waals surface area contributed by atoms with Crippen LogP contribution < -0.4 is 11.1 Å². The Balaban J connectivity index is 3.32. The number of amides is 1. The zero-order chi connectivity index (χ0) is 8.85. The second kappa shape index (κ2) is 5.43. The van der Waals surface area contributed by atoms with Crippen molar-refractivity contribution in [2.75, 3.05) is 12.7 Å². The van der Waals surface area contributed by atoms with Gasteiger partial charge in [0.15, 0.2) is 8.38 Å². The van der Waals surface area contributed by atoms with Crippen molar-refractivity contribution in [3.8, 4) is 0 Å². The maximum atomic E-state index is 10.7. The van der Waals surface area contributed by atoms with E-state index < -0.39 is 14.4 Å². The van der Waals surface area contributed by atoms with Crippen LogP contribution in [0.25, 0.3) is 0 Å². The highest BCUT2D eigenvalue weighted by atomic mass is 31.2. The highest BCUT2D eigenvalue weighted by Gasteiger charge is 2.06. The van der Waals surface area contributed by atoms with Gasteiger partial charge in [0.1, 0.15) is 0 Å². The van der Waals surface area contributed by atoms with Gasteiger partial charge in [0.05, 0.1) is 6.04 Å². The van der Waals surface area contributed by atoms with Gasteiger partial charge in [0, 0.05) is 12.7 Å². The molecule has 0 bridgehead atoms. The van der Waals surface area contributed by atoms with Gasteiger partial charge in [-0.3, -0.25) is 4.79 Å². The first kappa shape index (κ1) is 10.8. The lowest BCUT2D eigenvalue weighted by Gasteiger charge is -2.07. The number of hydrogen-bond acceptors (Lipinski definition) is 4. The maximum Gasteiger partial charge on any atom is 0.236 e. The van der Waals surface area contributed by atoms with Crippen LogP contribution in [0.2, 0.25) is 0 Å². The minimum Gasteiger partial charge on any atom is -0.354 e. The number of hydrogen-bond donors (Lipinski definition) is 4. The Kier molecular flexibility index (Phi) is 5.32. The lowest BCUT2D eigenvalue weighted by molar-refractivity contribution is -0.121. The van der Waals surface area contributed by atoms with Gasteiger partial charge in [0.25, 0.3) is 0 Å². The van der Waals surface area contributed by atoms with E-state index in [-0.39, 0.29) is 18.6 Å². The maximum absolute atomic E-state index is 10.7. The van der Waals surface area contributed by atoms with Crippen LogP contribution in [-0.2, 0) is 4.79 Å². The third-order valence-electron chi connectivity index (χ3n) is 1.02. The number of nitrogens with two attached hydrogens (primary N) is 1. The van der Waals surface area contributed by atoms with Gasteiger partial charge < -0.3 is 20.8 Å². The molecule has 0 aliphatic heterocycles. The number of nitrogens with one attached hydrogen (secondary N) is 1. The molecular formula is C5H13N2O3P. The molecule has 0 spiro atoms. The van der Waals surface area contributed by atoms with E-state index >= 15 is 0 Å². The molecule has 66 valence electrons. The summed E-state index contributed by atoms with van der Waals surface area (Å²) in [5, 5.41) is 2.45. The van der Waals surface area contributed by atoms with Crippen molar-refractivity contribution < 1.29 is 14.6 Å². The molecule has 0 rings (SSSR count). The van der Waals surface area contributed by atoms with Gasteiger partial charge in [-0.05, 0) is 6.92 Å². The fourth-order valence-electron chi connectivity index (χ4n) is 0.440. The Hall–Kier alpha value is -0.220. The van der Waals surface area contributed by atoms with Crippen LogP contribution in [0.15, 0.2) is 0 Å². The zero-order valence-electron chi connectivity index (χ0n) is 6.32. The highest BCUT2D eigenvalue weighted by Crippen LogP contribution is 2.20. The van der Waals surface area contributed by atoms with E-state index in [0.29, 0.717) is 0 Å². The molecule has 0 heterocycles. The fourth-order valence-corrected chi connectivity index (χ4v) is 0.752. The van der Waals surface area contributed by atoms with Crippen LogP contribution in [-0.4, -0.2) is 34.4 Å². The highest BCUT2D eigenvalue weighted by molar-refractivity contribution is 7.45. The van der Waals surface area contributed by atoms with Crippen LogP contribution in [0.3, 0.4) is 0 Å². The van der Waals surface area contributed by atoms with Crippen molar-refractivity contribution in [3.05, 3.63) is 0 Å². The molecule has 0 unspecified atom stereocenters. The average molecular weight is 180 g/mol. The second-order valence-corrected chi connectivity index (χ2v) is 3.37. The predicted octanol–water partition coefficient (Wildman–Crippen LogP) is -1.25. The zero-order valence-corrected chi connectivity index (χ0v) is 7.21. The largest absolute Gasteiger partial charge is 0.354 e. The smallest absolute Gasteiger partial charge is 0.236 e. The van der Waals surface area contributed by atoms with Crippen LogP contribution in [0.1, 0.15) is 6.92 Å². The van der Waals surface area contributed by atoms with Crippen molar-refractivity contribution in [2.24, 2.45) is 5.73 Å². The van der Waals surface area contributed by atoms with Crippen molar-refractivity contribution in [1.29, 1.82) is 0 Å². The summed E-state index contributed by atoms with van der Waals surface area (Å²) in [4.78, 5) is 27.6. The Morgan fingerprint density at radius 2 is 2.27 bits per heavy atom. The van der Waals surface area contributed by atoms with Gasteiger partial charge in [0.2, 0.25) is 5.91 Å². The molecule has 0 aromatic carbocycles. The first-order chi connectivity index (χ1) is 5.04. The molecule has 5 nitrogen and oxygen atoms in total. The van der Waals surface area contributed by atoms with Crippen molar-refractivity contribution in [3.63, 3.8) is 0 Å². The number of carbonyl (C=O) groups is 1. The number of rotatable bonds is 4. The fraction of sp³-hybridized carbons (Fsp3) is 0.800. The van der Waals surface area contributed by atoms with Crippen molar-refractivity contribution in [1.82, 2.24) is 5.32 Å². The van der Waals surface area contributed by atoms with E-state index in [1.807, 2.05) is 0 Å². The Morgan fingerprint density at radius 1 is 1.73 bits per heavy atom. The summed E-state index contributed by atoms with van der Waals surface area (Å²) in [5.74, 6) is -0.276. The van der Waals surface area contributed by atoms with Crippen LogP contribution in [0.5, 0.6) is 0 Å². The summed E-state index contributed by atoms with van der Waals surface area (Å²) in [6.07, 6.45) is 0.188. The van der Waals surface area contributed by atoms with Gasteiger partial charge >= 0.3 is 0 Å². The first-order valence-corrected chi connectivity index (χ1v) is 4.66. The topological polar surface area (TPSA) is 95.6 Å². The molecule has 0 saturated carbocycles. The van der Waals surface area contributed by atoms with E-state index in [2.05, 4.69) is 5.32 Å². The monoisotopic (exact) mass is 180 g/mol. The molecule has 0 radical (unpaired) electrons. The molecule has 0 aromatic rings. The van der Waals surface area contributed by atoms with Gasteiger partial charge in [-0.15, -0.1) is 0 Å². The summed E-state index contributed by atoms with van der Waals surface area (Å²) in [5.41, 5.74) is 5.22. The van der Waals surface area contributed by atoms with E-state index in [1.54, 1.807) is 6.92 Å². The molecule has 0 aliphatic carbocycles. The summed E-state index contributed by atoms with van der Waals surface area (Å²) in [6, 6.07) is -0.543. The van der Waals surface area contributed by atoms with Crippen molar-refractivity contribution in [2.45, 2.75) is 13.0 Å². The molecule has 0 saturated heterocycles. The van der Waals surface area contributed by atoms with E-state index in [4.69, 9.17) is 15.5 Å². The third-order valence-corrected chi connectivity index (χ3v) is 1.65. The lowest BCUT2D eigenvalue weighted by atomic mass is 10.3. The van der Waals surface area contributed by atoms with Gasteiger partial charge in [-0.1, -0.05) is 0 Å². The average Bonchev–Trinajstić information content (AvgIpc) is 1.86. The van der Waals surface area contributed by atoms with Crippen LogP contribution >= 0.6 is 8.38 Å². The van der Waals surface area contributed by atoms with Crippen LogP contribution in [0, 0.1) is 0 Å². The quantitative estimate of drug-likeness (QED) is 0.406. The molecule has 0 fully saturated rings. The summed E-state index contributed by atoms with van der Waals surface area (Å²) >= 11 is 0. The van der Waals surface area contributed by atoms with E-state index in [1.165, 1.54) is 0 Å². The second-order valence-electron chi connectivity index (χ2n) is 2.18. The minimum absolute atomic E-state index is 0.188. The summed E-state index contributed by atoms with van der Waals surface area (Å²) in [7, 11) is -1.91. The number of carbonyl (C=O) groups excluding carboxylic acids is 1. The van der Waals surface area contributed by atoms with E-state index in [9.17, 15) is 4.79 Å². The Bertz CT molecular complexity index is 129. The third kappa shape index (κ3) is 6.19. The minimum atomic E-state index is -1.91. The standard InChI is InChI=1S/C5H13N2O3P/c1-4(6)5(8)7-2-3-11(9)10/h4,9-10H,2-3,6H2,1H3,(H,7,8)/t4-/m1/s1. The summed E-state index contributed by atoms with van der Waals surface area (Å²) < 4.78 is 0. The first-order valence-electron chi connectivity index (χ1n) is 3.22. The Morgan fingerprint density at radius 3 is 2.64 bits per heavy atom. The van der Waals surface area contributed by atoms with Crippen LogP contribution in [0.4, 0.5) is 0 Å². The molecule has 1 atom stereocenters. The molecule has 5 N–H and O–H groups in total. The molecule has 0 aliphatic rings. The van der Waals surface area contributed by atoms with Gasteiger partial charge in [-0.25, -0.2) is 0 Å². The summed E-state index contributed by atoms with van der Waals surface area (Å²) in [6.45, 7) is 1.83. The molecule has 11 heavy (non-hydrogen) atoms. The van der Waals surface area contributed by atoms with E-state index in [0.717, 1.165) is 0 Å². The van der Waals surface area contributed by atoms with Gasteiger partial charge in [-0.2, -0.15) is 0 Å². The molecule has 6 heteroatoms. The molecule has 0 aromatic heterocycles.